The van der Waals surface area contributed by atoms with E-state index >= 15 is 0 Å². The van der Waals surface area contributed by atoms with Crippen LogP contribution in [0.25, 0.3) is 0 Å². The molecule has 0 saturated carbocycles. The summed E-state index contributed by atoms with van der Waals surface area (Å²) in [5.74, 6) is 0.177. The van der Waals surface area contributed by atoms with E-state index in [0.717, 1.165) is 19.4 Å². The van der Waals surface area contributed by atoms with Gasteiger partial charge in [0.15, 0.2) is 0 Å². The molecular formula is C21H25N3OS2. The van der Waals surface area contributed by atoms with E-state index in [1.165, 1.54) is 29.7 Å². The number of carbonyl (C=O) groups excluding carboxylic acids is 1. The highest BCUT2D eigenvalue weighted by Crippen LogP contribution is 2.37. The summed E-state index contributed by atoms with van der Waals surface area (Å²) in [7, 11) is 0. The molecule has 2 atom stereocenters. The van der Waals surface area contributed by atoms with E-state index in [0.29, 0.717) is 12.0 Å². The summed E-state index contributed by atoms with van der Waals surface area (Å²) in [6.45, 7) is 3.30. The summed E-state index contributed by atoms with van der Waals surface area (Å²) in [5.41, 5.74) is 6.29. The van der Waals surface area contributed by atoms with Gasteiger partial charge in [-0.3, -0.25) is 4.79 Å². The highest BCUT2D eigenvalue weighted by molar-refractivity contribution is 7.85. The summed E-state index contributed by atoms with van der Waals surface area (Å²) in [5, 5.41) is 0. The minimum atomic E-state index is -0.398. The summed E-state index contributed by atoms with van der Waals surface area (Å²) >= 11 is 8.52. The van der Waals surface area contributed by atoms with Gasteiger partial charge in [0, 0.05) is 18.2 Å². The molecule has 2 unspecified atom stereocenters. The maximum Gasteiger partial charge on any atom is 0.278 e. The topological polar surface area (TPSA) is 44.7 Å². The molecule has 0 aromatic carbocycles. The van der Waals surface area contributed by atoms with E-state index in [-0.39, 0.29) is 4.91 Å². The van der Waals surface area contributed by atoms with Crippen LogP contribution in [0.3, 0.4) is 0 Å². The van der Waals surface area contributed by atoms with Crippen LogP contribution in [0.5, 0.6) is 0 Å². The zero-order chi connectivity index (χ0) is 19.2. The molecule has 4 nitrogen and oxygen atoms in total. The zero-order valence-electron chi connectivity index (χ0n) is 15.5. The van der Waals surface area contributed by atoms with E-state index in [9.17, 15) is 4.79 Å². The Morgan fingerprint density at radius 1 is 1.44 bits per heavy atom. The van der Waals surface area contributed by atoms with Crippen molar-refractivity contribution in [3.8, 4) is 0 Å². The second-order valence-electron chi connectivity index (χ2n) is 7.12. The summed E-state index contributed by atoms with van der Waals surface area (Å²) in [4.78, 5) is 14.4. The van der Waals surface area contributed by atoms with Crippen LogP contribution < -0.4 is 5.43 Å². The second-order valence-corrected chi connectivity index (χ2v) is 7.79. The van der Waals surface area contributed by atoms with Gasteiger partial charge >= 0.3 is 0 Å². The van der Waals surface area contributed by atoms with Crippen molar-refractivity contribution in [1.29, 1.82) is 0 Å². The maximum atomic E-state index is 11.5. The summed E-state index contributed by atoms with van der Waals surface area (Å²) in [6, 6.07) is 0.483. The van der Waals surface area contributed by atoms with Crippen molar-refractivity contribution in [3.05, 3.63) is 70.4 Å². The number of nitrogens with one attached hydrogen (secondary N) is 1. The molecule has 1 fully saturated rings. The van der Waals surface area contributed by atoms with Gasteiger partial charge in [-0.2, -0.15) is 0 Å². The molecule has 1 saturated heterocycles. The van der Waals surface area contributed by atoms with Crippen LogP contribution in [-0.4, -0.2) is 23.4 Å². The van der Waals surface area contributed by atoms with Crippen molar-refractivity contribution in [3.63, 3.8) is 0 Å². The average molecular weight is 400 g/mol. The first-order chi connectivity index (χ1) is 13.1. The Kier molecular flexibility index (Phi) is 6.85. The van der Waals surface area contributed by atoms with Gasteiger partial charge in [0.1, 0.15) is 0 Å². The number of fused-ring (bicyclic) bond motifs is 1. The first-order valence-corrected chi connectivity index (χ1v) is 10.1. The maximum absolute atomic E-state index is 11.5. The van der Waals surface area contributed by atoms with Gasteiger partial charge in [0.25, 0.3) is 5.91 Å². The minimum Gasteiger partial charge on any atom is -0.368 e. The fourth-order valence-corrected chi connectivity index (χ4v) is 4.09. The van der Waals surface area contributed by atoms with Gasteiger partial charge in [0.2, 0.25) is 0 Å². The number of thiol groups is 1. The number of likely N-dealkylation sites (tertiary alicyclic amines) is 1. The molecule has 0 bridgehead atoms. The van der Waals surface area contributed by atoms with Gasteiger partial charge in [-0.15, -0.1) is 17.1 Å². The molecule has 142 valence electrons. The van der Waals surface area contributed by atoms with Gasteiger partial charge in [0.05, 0.1) is 23.4 Å². The van der Waals surface area contributed by atoms with Crippen molar-refractivity contribution in [2.45, 2.75) is 38.6 Å². The third kappa shape index (κ3) is 5.08. The second kappa shape index (κ2) is 9.33. The molecule has 0 radical (unpaired) electrons. The highest BCUT2D eigenvalue weighted by atomic mass is 32.1. The molecule has 0 aromatic rings. The number of nitrogens with zero attached hydrogens (tertiary/aromatic N) is 2. The molecule has 1 N–H and O–H groups in total. The van der Waals surface area contributed by atoms with Gasteiger partial charge < -0.3 is 4.90 Å². The van der Waals surface area contributed by atoms with Crippen LogP contribution in [0, 0.1) is 5.92 Å². The lowest BCUT2D eigenvalue weighted by Gasteiger charge is -2.43. The molecule has 2 aliphatic carbocycles. The largest absolute Gasteiger partial charge is 0.368 e. The molecule has 1 heterocycles. The lowest BCUT2D eigenvalue weighted by atomic mass is 9.83. The van der Waals surface area contributed by atoms with E-state index in [4.69, 9.17) is 0 Å². The lowest BCUT2D eigenvalue weighted by molar-refractivity contribution is -0.116. The molecule has 27 heavy (non-hydrogen) atoms. The van der Waals surface area contributed by atoms with Gasteiger partial charge in [-0.25, -0.2) is 5.43 Å². The normalized spacial score (nSPS) is 25.5. The fraction of sp³-hybridized carbons (Fsp3) is 0.381. The fourth-order valence-electron chi connectivity index (χ4n) is 3.87. The Labute approximate surface area is 172 Å². The van der Waals surface area contributed by atoms with Gasteiger partial charge in [-0.1, -0.05) is 42.0 Å². The number of rotatable bonds is 5. The molecule has 0 spiro atoms. The number of allylic oxidation sites excluding steroid dienone is 9. The number of amides is 1. The monoisotopic (exact) mass is 399 g/mol. The smallest absolute Gasteiger partial charge is 0.278 e. The highest BCUT2D eigenvalue weighted by Gasteiger charge is 2.30. The van der Waals surface area contributed by atoms with Crippen LogP contribution >= 0.6 is 12.6 Å². The third-order valence-electron chi connectivity index (χ3n) is 5.26. The van der Waals surface area contributed by atoms with Crippen molar-refractivity contribution < 1.29 is 4.79 Å². The molecule has 3 rings (SSSR count). The van der Waals surface area contributed by atoms with Crippen LogP contribution in [0.2, 0.25) is 0 Å². The number of piperidine rings is 1. The Morgan fingerprint density at radius 2 is 2.30 bits per heavy atom. The average Bonchev–Trinajstić information content (AvgIpc) is 2.68. The standard InChI is InChI=1S/C21H25N3OS2/c1-15-7-10-18(11-8-15)24-13-3-5-17-14-16(9-12-19(17)24)4-2-6-20(26)21(25)22-23-27/h2,4,6-10,12,17-18,26H,3,5,11,13-14H2,1H3,(H,22,25,27)/b4-2+,20-6-. The van der Waals surface area contributed by atoms with Crippen molar-refractivity contribution >= 4 is 31.0 Å². The number of hydrogen-bond acceptors (Lipinski definition) is 5. The van der Waals surface area contributed by atoms with Crippen LogP contribution in [0.4, 0.5) is 0 Å². The summed E-state index contributed by atoms with van der Waals surface area (Å²) in [6.07, 6.45) is 21.5. The van der Waals surface area contributed by atoms with E-state index in [2.05, 4.69) is 77.2 Å². The Morgan fingerprint density at radius 3 is 3.04 bits per heavy atom. The predicted octanol–water partition coefficient (Wildman–Crippen LogP) is 4.32. The van der Waals surface area contributed by atoms with Crippen LogP contribution in [0.15, 0.2) is 74.8 Å². The molecule has 1 amide bonds. The molecular weight excluding hydrogens is 374 g/mol. The first kappa shape index (κ1) is 19.8. The Hall–Kier alpha value is -1.92. The van der Waals surface area contributed by atoms with E-state index in [1.807, 2.05) is 12.2 Å². The van der Waals surface area contributed by atoms with Crippen molar-refractivity contribution in [1.82, 2.24) is 10.3 Å². The Balaban J connectivity index is 1.69. The minimum absolute atomic E-state index is 0.281. The quantitative estimate of drug-likeness (QED) is 0.313. The zero-order valence-corrected chi connectivity index (χ0v) is 17.2. The molecule has 3 aliphatic rings. The lowest BCUT2D eigenvalue weighted by Crippen LogP contribution is -2.41. The number of carbonyl (C=O) groups is 1. The first-order valence-electron chi connectivity index (χ1n) is 9.31. The summed E-state index contributed by atoms with van der Waals surface area (Å²) < 4.78 is 3.19. The van der Waals surface area contributed by atoms with Gasteiger partial charge in [-0.05, 0) is 50.3 Å². The predicted molar refractivity (Wildman–Crippen MR) is 116 cm³/mol. The van der Waals surface area contributed by atoms with Crippen molar-refractivity contribution in [2.75, 3.05) is 6.54 Å². The van der Waals surface area contributed by atoms with Crippen molar-refractivity contribution in [2.24, 2.45) is 10.4 Å². The molecule has 1 aliphatic heterocycles. The van der Waals surface area contributed by atoms with Crippen LogP contribution in [-0.2, 0) is 17.2 Å². The Bertz CT molecular complexity index is 789. The van der Waals surface area contributed by atoms with E-state index < -0.39 is 5.91 Å². The van der Waals surface area contributed by atoms with E-state index in [1.54, 1.807) is 6.08 Å². The third-order valence-corrected chi connectivity index (χ3v) is 5.70. The van der Waals surface area contributed by atoms with Crippen LogP contribution in [0.1, 0.15) is 32.6 Å². The molecule has 6 heteroatoms. The number of hydrogen-bond donors (Lipinski definition) is 2. The molecule has 0 aromatic heterocycles. The SMILES string of the molecule is CC1=CCC(N2CCCC3CC(/C=C/C=C(\S)C(=O)NN=S)=CC=C32)C=C1.